The second kappa shape index (κ2) is 10.1. The van der Waals surface area contributed by atoms with Crippen molar-refractivity contribution in [3.05, 3.63) is 95.0 Å². The van der Waals surface area contributed by atoms with Gasteiger partial charge in [-0.2, -0.15) is 0 Å². The number of aromatic nitrogens is 1. The maximum Gasteiger partial charge on any atom is 0.256 e. The van der Waals surface area contributed by atoms with Crippen LogP contribution < -0.4 is 16.0 Å². The van der Waals surface area contributed by atoms with Crippen LogP contribution in [0.2, 0.25) is 0 Å². The highest BCUT2D eigenvalue weighted by atomic mass is 32.1. The van der Waals surface area contributed by atoms with Crippen LogP contribution in [-0.2, 0) is 6.42 Å². The SMILES string of the molecule is CNc1nc(CCNc2ccc(NC(=O)c3cc(C)ccc3-c3ccccc3)cc2)cs1. The van der Waals surface area contributed by atoms with Crippen molar-refractivity contribution in [2.75, 3.05) is 29.5 Å². The highest BCUT2D eigenvalue weighted by Gasteiger charge is 2.13. The van der Waals surface area contributed by atoms with Gasteiger partial charge in [0, 0.05) is 42.3 Å². The summed E-state index contributed by atoms with van der Waals surface area (Å²) in [5.74, 6) is -0.114. The largest absolute Gasteiger partial charge is 0.385 e. The number of nitrogens with one attached hydrogen (secondary N) is 3. The van der Waals surface area contributed by atoms with Crippen molar-refractivity contribution < 1.29 is 4.79 Å². The van der Waals surface area contributed by atoms with Gasteiger partial charge in [-0.15, -0.1) is 11.3 Å². The summed E-state index contributed by atoms with van der Waals surface area (Å²) < 4.78 is 0. The average molecular weight is 443 g/mol. The average Bonchev–Trinajstić information content (AvgIpc) is 3.29. The minimum atomic E-state index is -0.114. The Balaban J connectivity index is 1.39. The summed E-state index contributed by atoms with van der Waals surface area (Å²) in [6.07, 6.45) is 0.853. The quantitative estimate of drug-likeness (QED) is 0.310. The van der Waals surface area contributed by atoms with E-state index in [0.717, 1.165) is 51.9 Å². The second-order valence-corrected chi connectivity index (χ2v) is 8.38. The molecule has 0 aliphatic carbocycles. The molecule has 0 saturated carbocycles. The van der Waals surface area contributed by atoms with Gasteiger partial charge in [0.2, 0.25) is 0 Å². The third kappa shape index (κ3) is 5.34. The molecule has 0 saturated heterocycles. The standard InChI is InChI=1S/C26H26N4OS/c1-18-8-13-23(19-6-4-3-5-7-19)24(16-18)25(31)29-21-11-9-20(10-12-21)28-15-14-22-17-32-26(27-2)30-22/h3-13,16-17,28H,14-15H2,1-2H3,(H,27,30)(H,29,31). The van der Waals surface area contributed by atoms with Gasteiger partial charge in [-0.05, 0) is 48.4 Å². The molecule has 0 aliphatic rings. The van der Waals surface area contributed by atoms with Gasteiger partial charge in [0.1, 0.15) is 0 Å². The summed E-state index contributed by atoms with van der Waals surface area (Å²) in [6, 6.07) is 23.7. The number of hydrogen-bond acceptors (Lipinski definition) is 5. The molecule has 1 aromatic heterocycles. The number of anilines is 3. The first kappa shape index (κ1) is 21.6. The van der Waals surface area contributed by atoms with E-state index in [1.165, 1.54) is 0 Å². The molecule has 0 aliphatic heterocycles. The van der Waals surface area contributed by atoms with Crippen LogP contribution in [0.1, 0.15) is 21.6 Å². The summed E-state index contributed by atoms with van der Waals surface area (Å²) in [5.41, 5.74) is 6.52. The van der Waals surface area contributed by atoms with Gasteiger partial charge in [0.25, 0.3) is 5.91 Å². The van der Waals surface area contributed by atoms with Crippen LogP contribution in [-0.4, -0.2) is 24.5 Å². The lowest BCUT2D eigenvalue weighted by Gasteiger charge is -2.12. The van der Waals surface area contributed by atoms with Crippen molar-refractivity contribution in [3.63, 3.8) is 0 Å². The lowest BCUT2D eigenvalue weighted by Crippen LogP contribution is -2.13. The van der Waals surface area contributed by atoms with Crippen molar-refractivity contribution >= 4 is 33.8 Å². The molecule has 3 N–H and O–H groups in total. The maximum atomic E-state index is 13.1. The van der Waals surface area contributed by atoms with Crippen molar-refractivity contribution in [3.8, 4) is 11.1 Å². The van der Waals surface area contributed by atoms with E-state index in [1.807, 2.05) is 86.8 Å². The Morgan fingerprint density at radius 2 is 1.72 bits per heavy atom. The monoisotopic (exact) mass is 442 g/mol. The number of aryl methyl sites for hydroxylation is 1. The predicted octanol–water partition coefficient (Wildman–Crippen LogP) is 6.07. The Bertz CT molecular complexity index is 1190. The minimum absolute atomic E-state index is 0.114. The van der Waals surface area contributed by atoms with Gasteiger partial charge in [-0.25, -0.2) is 4.98 Å². The molecule has 0 spiro atoms. The molecule has 0 atom stereocenters. The number of rotatable bonds is 8. The van der Waals surface area contributed by atoms with Crippen LogP contribution in [0, 0.1) is 6.92 Å². The molecule has 4 rings (SSSR count). The van der Waals surface area contributed by atoms with E-state index in [1.54, 1.807) is 11.3 Å². The Labute approximate surface area is 192 Å². The molecule has 5 nitrogen and oxygen atoms in total. The lowest BCUT2D eigenvalue weighted by atomic mass is 9.97. The highest BCUT2D eigenvalue weighted by molar-refractivity contribution is 7.13. The number of carbonyl (C=O) groups excluding carboxylic acids is 1. The zero-order chi connectivity index (χ0) is 22.3. The van der Waals surface area contributed by atoms with Gasteiger partial charge in [-0.3, -0.25) is 4.79 Å². The molecule has 0 unspecified atom stereocenters. The van der Waals surface area contributed by atoms with Gasteiger partial charge in [0.15, 0.2) is 5.13 Å². The molecule has 0 fully saturated rings. The molecule has 1 heterocycles. The molecule has 3 aromatic carbocycles. The Hall–Kier alpha value is -3.64. The van der Waals surface area contributed by atoms with Gasteiger partial charge < -0.3 is 16.0 Å². The van der Waals surface area contributed by atoms with Crippen LogP contribution in [0.5, 0.6) is 0 Å². The van der Waals surface area contributed by atoms with E-state index in [2.05, 4.69) is 26.3 Å². The predicted molar refractivity (Wildman–Crippen MR) is 135 cm³/mol. The Kier molecular flexibility index (Phi) is 6.82. The van der Waals surface area contributed by atoms with Crippen LogP contribution in [0.3, 0.4) is 0 Å². The molecular formula is C26H26N4OS. The first-order chi connectivity index (χ1) is 15.6. The fourth-order valence-electron chi connectivity index (χ4n) is 3.46. The van der Waals surface area contributed by atoms with Gasteiger partial charge in [0.05, 0.1) is 5.69 Å². The summed E-state index contributed by atoms with van der Waals surface area (Å²) in [7, 11) is 1.88. The Morgan fingerprint density at radius 1 is 0.969 bits per heavy atom. The fraction of sp³-hybridized carbons (Fsp3) is 0.154. The van der Waals surface area contributed by atoms with E-state index >= 15 is 0 Å². The van der Waals surface area contributed by atoms with E-state index in [9.17, 15) is 4.79 Å². The van der Waals surface area contributed by atoms with Crippen molar-refractivity contribution in [1.82, 2.24) is 4.98 Å². The number of nitrogens with zero attached hydrogens (tertiary/aromatic N) is 1. The third-order valence-electron chi connectivity index (χ3n) is 5.12. The zero-order valence-corrected chi connectivity index (χ0v) is 19.0. The number of carbonyl (C=O) groups is 1. The molecule has 0 radical (unpaired) electrons. The smallest absolute Gasteiger partial charge is 0.256 e. The van der Waals surface area contributed by atoms with Gasteiger partial charge >= 0.3 is 0 Å². The molecule has 0 bridgehead atoms. The molecule has 162 valence electrons. The first-order valence-corrected chi connectivity index (χ1v) is 11.4. The van der Waals surface area contributed by atoms with E-state index in [-0.39, 0.29) is 5.91 Å². The summed E-state index contributed by atoms with van der Waals surface area (Å²) in [4.78, 5) is 17.6. The fourth-order valence-corrected chi connectivity index (χ4v) is 4.16. The van der Waals surface area contributed by atoms with Crippen LogP contribution >= 0.6 is 11.3 Å². The van der Waals surface area contributed by atoms with Crippen LogP contribution in [0.15, 0.2) is 78.2 Å². The van der Waals surface area contributed by atoms with Crippen LogP contribution in [0.25, 0.3) is 11.1 Å². The van der Waals surface area contributed by atoms with Crippen LogP contribution in [0.4, 0.5) is 16.5 Å². The zero-order valence-electron chi connectivity index (χ0n) is 18.2. The molecule has 4 aromatic rings. The molecule has 32 heavy (non-hydrogen) atoms. The highest BCUT2D eigenvalue weighted by Crippen LogP contribution is 2.26. The molecular weight excluding hydrogens is 416 g/mol. The maximum absolute atomic E-state index is 13.1. The van der Waals surface area contributed by atoms with Crippen molar-refractivity contribution in [1.29, 1.82) is 0 Å². The van der Waals surface area contributed by atoms with E-state index < -0.39 is 0 Å². The number of amides is 1. The number of hydrogen-bond donors (Lipinski definition) is 3. The number of benzene rings is 3. The second-order valence-electron chi connectivity index (χ2n) is 7.52. The number of thiazole rings is 1. The molecule has 6 heteroatoms. The minimum Gasteiger partial charge on any atom is -0.385 e. The topological polar surface area (TPSA) is 66.1 Å². The third-order valence-corrected chi connectivity index (χ3v) is 6.03. The van der Waals surface area contributed by atoms with Crippen molar-refractivity contribution in [2.24, 2.45) is 0 Å². The van der Waals surface area contributed by atoms with Gasteiger partial charge in [-0.1, -0.05) is 48.0 Å². The summed E-state index contributed by atoms with van der Waals surface area (Å²) >= 11 is 1.61. The van der Waals surface area contributed by atoms with E-state index in [0.29, 0.717) is 5.56 Å². The van der Waals surface area contributed by atoms with Crippen molar-refractivity contribution in [2.45, 2.75) is 13.3 Å². The Morgan fingerprint density at radius 3 is 2.44 bits per heavy atom. The molecule has 1 amide bonds. The first-order valence-electron chi connectivity index (χ1n) is 10.6. The lowest BCUT2D eigenvalue weighted by molar-refractivity contribution is 0.102. The van der Waals surface area contributed by atoms with E-state index in [4.69, 9.17) is 0 Å². The summed E-state index contributed by atoms with van der Waals surface area (Å²) in [5, 5.41) is 12.5. The normalized spacial score (nSPS) is 10.6. The summed E-state index contributed by atoms with van der Waals surface area (Å²) in [6.45, 7) is 2.79.